The van der Waals surface area contributed by atoms with E-state index >= 15 is 0 Å². The van der Waals surface area contributed by atoms with Crippen LogP contribution >= 0.6 is 0 Å². The van der Waals surface area contributed by atoms with Gasteiger partial charge in [-0.3, -0.25) is 0 Å². The van der Waals surface area contributed by atoms with Crippen LogP contribution in [-0.2, 0) is 0 Å². The maximum absolute atomic E-state index is 8.60. The third kappa shape index (κ3) is 1.75. The average Bonchev–Trinajstić information content (AvgIpc) is 2.65. The largest absolute Gasteiger partial charge is 0.328 e. The summed E-state index contributed by atoms with van der Waals surface area (Å²) in [6.07, 6.45) is 5.11. The van der Waals surface area contributed by atoms with Crippen LogP contribution in [0.2, 0.25) is 0 Å². The molecule has 1 fully saturated rings. The van der Waals surface area contributed by atoms with Crippen molar-refractivity contribution in [2.24, 2.45) is 5.73 Å². The third-order valence-electron chi connectivity index (χ3n) is 2.85. The van der Waals surface area contributed by atoms with Crippen LogP contribution in [0.25, 0.3) is 0 Å². The highest BCUT2D eigenvalue weighted by Crippen LogP contribution is 2.32. The van der Waals surface area contributed by atoms with E-state index in [2.05, 4.69) is 4.98 Å². The SMILES string of the molecule is N#Cc1ccc(C2CCC(N)C2)cn1. The zero-order chi connectivity index (χ0) is 9.97. The molecular formula is C11H13N3. The number of aromatic nitrogens is 1. The van der Waals surface area contributed by atoms with Gasteiger partial charge >= 0.3 is 0 Å². The van der Waals surface area contributed by atoms with Crippen molar-refractivity contribution in [3.05, 3.63) is 29.6 Å². The Morgan fingerprint density at radius 2 is 2.29 bits per heavy atom. The lowest BCUT2D eigenvalue weighted by molar-refractivity contribution is 0.673. The highest BCUT2D eigenvalue weighted by molar-refractivity contribution is 5.25. The molecule has 72 valence electrons. The Morgan fingerprint density at radius 3 is 2.79 bits per heavy atom. The van der Waals surface area contributed by atoms with E-state index in [9.17, 15) is 0 Å². The van der Waals surface area contributed by atoms with Crippen LogP contribution in [0.3, 0.4) is 0 Å². The highest BCUT2D eigenvalue weighted by Gasteiger charge is 2.23. The Hall–Kier alpha value is -1.40. The number of nitrogens with two attached hydrogens (primary N) is 1. The summed E-state index contributed by atoms with van der Waals surface area (Å²) < 4.78 is 0. The fourth-order valence-electron chi connectivity index (χ4n) is 2.03. The summed E-state index contributed by atoms with van der Waals surface area (Å²) in [5.74, 6) is 0.547. The molecule has 1 aromatic heterocycles. The number of pyridine rings is 1. The first-order valence-electron chi connectivity index (χ1n) is 4.91. The molecule has 1 saturated carbocycles. The Balaban J connectivity index is 2.14. The van der Waals surface area contributed by atoms with Crippen molar-refractivity contribution >= 4 is 0 Å². The molecule has 2 atom stereocenters. The molecule has 0 saturated heterocycles. The number of hydrogen-bond acceptors (Lipinski definition) is 3. The summed E-state index contributed by atoms with van der Waals surface area (Å²) in [4.78, 5) is 4.06. The van der Waals surface area contributed by atoms with Crippen LogP contribution in [0.15, 0.2) is 18.3 Å². The number of nitrogens with zero attached hydrogens (tertiary/aromatic N) is 2. The topological polar surface area (TPSA) is 62.7 Å². The standard InChI is InChI=1S/C11H13N3/c12-6-11-4-2-9(7-14-11)8-1-3-10(13)5-8/h2,4,7-8,10H,1,3,5,13H2. The van der Waals surface area contributed by atoms with E-state index in [1.54, 1.807) is 12.3 Å². The van der Waals surface area contributed by atoms with Gasteiger partial charge < -0.3 is 5.73 Å². The molecular weight excluding hydrogens is 174 g/mol. The van der Waals surface area contributed by atoms with Crippen molar-refractivity contribution in [2.45, 2.75) is 31.2 Å². The molecule has 1 aromatic rings. The Kier molecular flexibility index (Phi) is 2.47. The molecule has 0 bridgehead atoms. The number of hydrogen-bond donors (Lipinski definition) is 1. The lowest BCUT2D eigenvalue weighted by atomic mass is 9.99. The summed E-state index contributed by atoms with van der Waals surface area (Å²) in [7, 11) is 0. The molecule has 0 amide bonds. The van der Waals surface area contributed by atoms with Crippen molar-refractivity contribution in [3.8, 4) is 6.07 Å². The normalized spacial score (nSPS) is 26.0. The molecule has 0 spiro atoms. The summed E-state index contributed by atoms with van der Waals surface area (Å²) in [6, 6.07) is 6.13. The van der Waals surface area contributed by atoms with Crippen LogP contribution in [0.4, 0.5) is 0 Å². The average molecular weight is 187 g/mol. The quantitative estimate of drug-likeness (QED) is 0.725. The monoisotopic (exact) mass is 187 g/mol. The summed E-state index contributed by atoms with van der Waals surface area (Å²) in [6.45, 7) is 0. The van der Waals surface area contributed by atoms with Gasteiger partial charge in [0.1, 0.15) is 11.8 Å². The Bertz CT molecular complexity index is 350. The third-order valence-corrected chi connectivity index (χ3v) is 2.85. The van der Waals surface area contributed by atoms with Gasteiger partial charge in [-0.05, 0) is 36.8 Å². The van der Waals surface area contributed by atoms with Crippen molar-refractivity contribution < 1.29 is 0 Å². The second-order valence-corrected chi connectivity index (χ2v) is 3.86. The van der Waals surface area contributed by atoms with E-state index in [-0.39, 0.29) is 0 Å². The van der Waals surface area contributed by atoms with Crippen LogP contribution in [-0.4, -0.2) is 11.0 Å². The summed E-state index contributed by atoms with van der Waals surface area (Å²) >= 11 is 0. The molecule has 1 heterocycles. The van der Waals surface area contributed by atoms with E-state index in [0.29, 0.717) is 17.7 Å². The Morgan fingerprint density at radius 1 is 1.43 bits per heavy atom. The van der Waals surface area contributed by atoms with Gasteiger partial charge in [-0.25, -0.2) is 4.98 Å². The molecule has 1 aliphatic rings. The van der Waals surface area contributed by atoms with Crippen molar-refractivity contribution in [1.82, 2.24) is 4.98 Å². The smallest absolute Gasteiger partial charge is 0.140 e. The maximum atomic E-state index is 8.60. The minimum Gasteiger partial charge on any atom is -0.328 e. The number of rotatable bonds is 1. The second-order valence-electron chi connectivity index (χ2n) is 3.86. The molecule has 2 rings (SSSR count). The van der Waals surface area contributed by atoms with Crippen LogP contribution in [0.1, 0.15) is 36.4 Å². The first kappa shape index (κ1) is 9.17. The maximum Gasteiger partial charge on any atom is 0.140 e. The molecule has 0 aliphatic heterocycles. The van der Waals surface area contributed by atoms with Crippen molar-refractivity contribution in [2.75, 3.05) is 0 Å². The highest BCUT2D eigenvalue weighted by atomic mass is 14.7. The van der Waals surface area contributed by atoms with Gasteiger partial charge in [0.05, 0.1) is 0 Å². The molecule has 0 aromatic carbocycles. The van der Waals surface area contributed by atoms with Crippen LogP contribution in [0, 0.1) is 11.3 Å². The van der Waals surface area contributed by atoms with E-state index in [1.807, 2.05) is 12.1 Å². The first-order valence-corrected chi connectivity index (χ1v) is 4.91. The molecule has 1 aliphatic carbocycles. The Labute approximate surface area is 83.6 Å². The predicted molar refractivity (Wildman–Crippen MR) is 53.5 cm³/mol. The van der Waals surface area contributed by atoms with Crippen LogP contribution in [0.5, 0.6) is 0 Å². The fraction of sp³-hybridized carbons (Fsp3) is 0.455. The lowest BCUT2D eigenvalue weighted by Gasteiger charge is -2.08. The molecule has 14 heavy (non-hydrogen) atoms. The second kappa shape index (κ2) is 3.77. The molecule has 3 nitrogen and oxygen atoms in total. The summed E-state index contributed by atoms with van der Waals surface area (Å²) in [5.41, 5.74) is 7.55. The lowest BCUT2D eigenvalue weighted by Crippen LogP contribution is -2.14. The van der Waals surface area contributed by atoms with Gasteiger partial charge in [0, 0.05) is 12.2 Å². The number of nitriles is 1. The van der Waals surface area contributed by atoms with Crippen molar-refractivity contribution in [1.29, 1.82) is 5.26 Å². The minimum absolute atomic E-state index is 0.343. The van der Waals surface area contributed by atoms with Gasteiger partial charge in [-0.1, -0.05) is 6.07 Å². The van der Waals surface area contributed by atoms with Gasteiger partial charge in [-0.15, -0.1) is 0 Å². The van der Waals surface area contributed by atoms with Crippen LogP contribution < -0.4 is 5.73 Å². The van der Waals surface area contributed by atoms with Gasteiger partial charge in [-0.2, -0.15) is 5.26 Å². The summed E-state index contributed by atoms with van der Waals surface area (Å²) in [5, 5.41) is 8.60. The first-order chi connectivity index (χ1) is 6.79. The van der Waals surface area contributed by atoms with Gasteiger partial charge in [0.25, 0.3) is 0 Å². The van der Waals surface area contributed by atoms with Gasteiger partial charge in [0.15, 0.2) is 0 Å². The fourth-order valence-corrected chi connectivity index (χ4v) is 2.03. The van der Waals surface area contributed by atoms with Gasteiger partial charge in [0.2, 0.25) is 0 Å². The van der Waals surface area contributed by atoms with E-state index in [0.717, 1.165) is 19.3 Å². The van der Waals surface area contributed by atoms with E-state index in [1.165, 1.54) is 5.56 Å². The molecule has 2 N–H and O–H groups in total. The van der Waals surface area contributed by atoms with Crippen molar-refractivity contribution in [3.63, 3.8) is 0 Å². The molecule has 0 radical (unpaired) electrons. The molecule has 3 heteroatoms. The molecule has 2 unspecified atom stereocenters. The van der Waals surface area contributed by atoms with E-state index < -0.39 is 0 Å². The zero-order valence-corrected chi connectivity index (χ0v) is 7.98. The minimum atomic E-state index is 0.343. The van der Waals surface area contributed by atoms with E-state index in [4.69, 9.17) is 11.0 Å². The zero-order valence-electron chi connectivity index (χ0n) is 7.98. The predicted octanol–water partition coefficient (Wildman–Crippen LogP) is 1.55.